The van der Waals surface area contributed by atoms with Gasteiger partial charge in [0.05, 0.1) is 88.7 Å². The number of amides is 1. The van der Waals surface area contributed by atoms with E-state index in [1.165, 1.54) is 45.4 Å². The zero-order valence-electron chi connectivity index (χ0n) is 50.5. The van der Waals surface area contributed by atoms with Gasteiger partial charge in [0.15, 0.2) is 31.5 Å². The lowest BCUT2D eigenvalue weighted by Gasteiger charge is -2.50. The number of unbranched alkanes of at least 4 members (excludes halogenated alkanes) is 5. The van der Waals surface area contributed by atoms with Crippen LogP contribution >= 0.6 is 0 Å². The third-order valence-corrected chi connectivity index (χ3v) is 16.6. The number of hydrogen-bond donors (Lipinski definition) is 17. The Kier molecular flexibility index (Phi) is 30.3. The van der Waals surface area contributed by atoms with Crippen molar-refractivity contribution in [1.29, 1.82) is 0 Å². The Bertz CT molecular complexity index is 2200. The first kappa shape index (κ1) is 74.2. The Morgan fingerprint density at radius 2 is 1.11 bits per heavy atom. The van der Waals surface area contributed by atoms with Crippen LogP contribution in [0.1, 0.15) is 83.0 Å². The summed E-state index contributed by atoms with van der Waals surface area (Å²) in [7, 11) is 1.32. The number of methoxy groups -OCH3 is 1. The van der Waals surface area contributed by atoms with Gasteiger partial charge in [0, 0.05) is 12.7 Å². The fourth-order valence-corrected chi connectivity index (χ4v) is 10.9. The molecule has 88 heavy (non-hydrogen) atoms. The highest BCUT2D eigenvalue weighted by molar-refractivity contribution is 5.94. The van der Waals surface area contributed by atoms with Gasteiger partial charge in [-0.2, -0.15) is 0 Å². The minimum Gasteiger partial charge on any atom is -0.494 e. The first-order valence-corrected chi connectivity index (χ1v) is 30.3. The van der Waals surface area contributed by atoms with Gasteiger partial charge in [0.1, 0.15) is 109 Å². The molecule has 508 valence electrons. The molecule has 5 aliphatic heterocycles. The van der Waals surface area contributed by atoms with Gasteiger partial charge in [-0.1, -0.05) is 44.4 Å². The number of nitrogens with one attached hydrogen (secondary N) is 1. The van der Waals surface area contributed by atoms with Crippen molar-refractivity contribution in [3.05, 3.63) is 42.0 Å². The fraction of sp³-hybridized carbons (Fsp3) is 0.842. The van der Waals surface area contributed by atoms with Crippen molar-refractivity contribution in [3.8, 4) is 5.75 Å². The summed E-state index contributed by atoms with van der Waals surface area (Å²) in [5.41, 5.74) is 25.9. The van der Waals surface area contributed by atoms with Crippen LogP contribution in [-0.4, -0.2) is 298 Å². The van der Waals surface area contributed by atoms with Crippen LogP contribution in [0.25, 0.3) is 0 Å². The van der Waals surface area contributed by atoms with Crippen molar-refractivity contribution in [2.45, 2.75) is 250 Å². The quantitative estimate of drug-likeness (QED) is 0.0177. The second kappa shape index (κ2) is 36.0. The molecule has 5 aliphatic rings. The highest BCUT2D eigenvalue weighted by Gasteiger charge is 2.56. The summed E-state index contributed by atoms with van der Waals surface area (Å²) in [6, 6.07) is -1.01. The van der Waals surface area contributed by atoms with E-state index in [9.17, 15) is 66.1 Å². The lowest BCUT2D eigenvalue weighted by atomic mass is 9.93. The number of allylic oxidation sites excluding steroid dienone is 2. The van der Waals surface area contributed by atoms with E-state index in [2.05, 4.69) is 24.4 Å². The van der Waals surface area contributed by atoms with Crippen LogP contribution in [0.2, 0.25) is 0 Å². The van der Waals surface area contributed by atoms with Crippen molar-refractivity contribution in [2.24, 2.45) is 22.9 Å². The van der Waals surface area contributed by atoms with Gasteiger partial charge in [0.2, 0.25) is 0 Å². The molecule has 0 radical (unpaired) electrons. The highest BCUT2D eigenvalue weighted by Crippen LogP contribution is 2.35. The van der Waals surface area contributed by atoms with Crippen molar-refractivity contribution in [3.63, 3.8) is 0 Å². The number of aliphatic hydroxyl groups is 12. The van der Waals surface area contributed by atoms with Crippen LogP contribution in [0, 0.1) is 0 Å². The molecular formula is C57H99N5O26. The molecule has 1 amide bonds. The Morgan fingerprint density at radius 1 is 0.625 bits per heavy atom. The molecule has 1 aromatic rings. The van der Waals surface area contributed by atoms with Crippen molar-refractivity contribution in [1.82, 2.24) is 5.32 Å². The molecule has 0 aromatic heterocycles. The number of carbonyl (C=O) groups excluding carboxylic acids is 1. The molecule has 5 fully saturated rings. The molecule has 0 saturated carbocycles. The summed E-state index contributed by atoms with van der Waals surface area (Å²) in [6.07, 6.45) is -23.5. The van der Waals surface area contributed by atoms with Crippen LogP contribution in [0.5, 0.6) is 5.75 Å². The number of ether oxygens (including phenoxy) is 13. The lowest BCUT2D eigenvalue weighted by molar-refractivity contribution is -0.363. The average molecular weight is 1270 g/mol. The molecule has 5 heterocycles. The van der Waals surface area contributed by atoms with Crippen LogP contribution < -0.4 is 33.0 Å². The predicted octanol–water partition coefficient (Wildman–Crippen LogP) is -5.72. The molecule has 0 spiro atoms. The standard InChI is InChI=1S/C57H99N5O26/c1-6-7-8-9-10-11-12-13-14-18-77-30-17-15-16-29(19-30)52(75)62-41-47(74)42(69)31(20-63)81-57(41)88-50-34(23-66)84-55(40(61)46(50)73)86-48-32(21-64)82-54(38(59)44(48)71)85-49-33(22-65)83-56(39(60)45(49)72)87-51-36(79-28(4)37(58)43(51)70)25-78-53(35(24-67)76-5)80-27(3)26(2)68/h11-12,15-17,19,26-28,31-51,53-57,63-74H,6-10,13-14,18,20-25,58-61H2,1-5H3,(H,62,75)/b12-11-/t26-,27?,28?,31?,32?,33-,34-,35+,36?,37?,38?,39?,40?,41?,42?,43?,44?,45?,46?,47?,48?,49?,50?,51?,53?,54?,55-,56-,57?/m0/s1. The second-order valence-corrected chi connectivity index (χ2v) is 23.0. The Morgan fingerprint density at radius 3 is 1.60 bits per heavy atom. The molecule has 0 aliphatic carbocycles. The average Bonchev–Trinajstić information content (AvgIpc) is 1.13. The monoisotopic (exact) mass is 1270 g/mol. The van der Waals surface area contributed by atoms with Gasteiger partial charge in [-0.3, -0.25) is 4.79 Å². The largest absolute Gasteiger partial charge is 0.494 e. The predicted molar refractivity (Wildman–Crippen MR) is 305 cm³/mol. The maximum atomic E-state index is 13.8. The molecular weight excluding hydrogens is 1170 g/mol. The maximum Gasteiger partial charge on any atom is 0.251 e. The van der Waals surface area contributed by atoms with Crippen molar-refractivity contribution in [2.75, 3.05) is 53.4 Å². The molecule has 5 saturated heterocycles. The summed E-state index contributed by atoms with van der Waals surface area (Å²) in [5.74, 6) is -0.353. The normalized spacial score (nSPS) is 39.6. The van der Waals surface area contributed by atoms with E-state index in [4.69, 9.17) is 84.5 Å². The fourth-order valence-electron chi connectivity index (χ4n) is 10.9. The third kappa shape index (κ3) is 18.9. The van der Waals surface area contributed by atoms with E-state index in [-0.39, 0.29) is 12.2 Å². The Hall–Kier alpha value is -2.89. The van der Waals surface area contributed by atoms with Gasteiger partial charge < -0.3 is 151 Å². The second-order valence-electron chi connectivity index (χ2n) is 23.0. The van der Waals surface area contributed by atoms with E-state index >= 15 is 0 Å². The molecule has 23 unspecified atom stereocenters. The number of hydrogen-bond acceptors (Lipinski definition) is 30. The minimum atomic E-state index is -1.83. The first-order chi connectivity index (χ1) is 42.1. The van der Waals surface area contributed by atoms with Gasteiger partial charge in [-0.15, -0.1) is 0 Å². The molecule has 0 bridgehead atoms. The Labute approximate surface area is 511 Å². The van der Waals surface area contributed by atoms with E-state index < -0.39 is 217 Å². The van der Waals surface area contributed by atoms with Gasteiger partial charge in [-0.05, 0) is 64.7 Å². The number of rotatable bonds is 33. The summed E-state index contributed by atoms with van der Waals surface area (Å²) in [5, 5.41) is 133. The maximum absolute atomic E-state index is 13.8. The number of nitrogens with two attached hydrogens (primary N) is 4. The summed E-state index contributed by atoms with van der Waals surface area (Å²) < 4.78 is 77.3. The number of carbonyl (C=O) groups is 1. The van der Waals surface area contributed by atoms with Crippen molar-refractivity contribution < 1.29 is 128 Å². The Balaban J connectivity index is 1.07. The van der Waals surface area contributed by atoms with Crippen LogP contribution in [0.15, 0.2) is 36.4 Å². The van der Waals surface area contributed by atoms with Crippen LogP contribution in [-0.2, 0) is 56.8 Å². The molecule has 21 N–H and O–H groups in total. The summed E-state index contributed by atoms with van der Waals surface area (Å²) in [4.78, 5) is 13.8. The zero-order valence-corrected chi connectivity index (χ0v) is 50.5. The topological polar surface area (TPSA) is 496 Å². The summed E-state index contributed by atoms with van der Waals surface area (Å²) >= 11 is 0. The third-order valence-electron chi connectivity index (χ3n) is 16.6. The van der Waals surface area contributed by atoms with E-state index in [0.29, 0.717) is 12.4 Å². The van der Waals surface area contributed by atoms with E-state index in [0.717, 1.165) is 25.7 Å². The molecule has 1 aromatic carbocycles. The SMILES string of the molecule is CCCCCC/C=C\CCCOc1cccc(C(=O)NC2C(OC3C(O)C(N)[C@H](OC4C(CO)OC(OC5C(O)C(N)[C@H](OC6C(COC(OC(C)[C@H](C)O)[C@@H](CO)OC)OC(C)C(N)C6O)O[C@H]5CO)C(N)C4O)O[C@H]3CO)OC(CO)C(O)C2O)c1. The van der Waals surface area contributed by atoms with E-state index in [1.807, 2.05) is 0 Å². The molecule has 6 rings (SSSR count). The zero-order chi connectivity index (χ0) is 64.5. The number of aliphatic hydroxyl groups excluding tert-OH is 12. The van der Waals surface area contributed by atoms with Crippen LogP contribution in [0.3, 0.4) is 0 Å². The smallest absolute Gasteiger partial charge is 0.251 e. The van der Waals surface area contributed by atoms with Gasteiger partial charge >= 0.3 is 0 Å². The highest BCUT2D eigenvalue weighted by atomic mass is 16.8. The molecule has 29 atom stereocenters. The van der Waals surface area contributed by atoms with Gasteiger partial charge in [-0.25, -0.2) is 0 Å². The lowest BCUT2D eigenvalue weighted by Crippen LogP contribution is -2.71. The summed E-state index contributed by atoms with van der Waals surface area (Å²) in [6.45, 7) is 2.90. The minimum absolute atomic E-state index is 0.104. The number of benzene rings is 1. The van der Waals surface area contributed by atoms with Crippen LogP contribution in [0.4, 0.5) is 0 Å². The molecule has 31 nitrogen and oxygen atoms in total. The molecule has 31 heteroatoms. The first-order valence-electron chi connectivity index (χ1n) is 30.3. The van der Waals surface area contributed by atoms with E-state index in [1.54, 1.807) is 26.0 Å². The van der Waals surface area contributed by atoms with Crippen molar-refractivity contribution >= 4 is 5.91 Å². The van der Waals surface area contributed by atoms with Gasteiger partial charge in [0.25, 0.3) is 5.91 Å².